The van der Waals surface area contributed by atoms with Crippen LogP contribution in [-0.4, -0.2) is 48.5 Å². The third-order valence-electron chi connectivity index (χ3n) is 3.51. The number of hydrogen-bond donors (Lipinski definition) is 3. The third kappa shape index (κ3) is 8.81. The summed E-state index contributed by atoms with van der Waals surface area (Å²) in [6.45, 7) is 5.20. The van der Waals surface area contributed by atoms with Gasteiger partial charge in [0.15, 0.2) is 0 Å². The summed E-state index contributed by atoms with van der Waals surface area (Å²) in [5, 5.41) is 5.21. The minimum absolute atomic E-state index is 0.251. The van der Waals surface area contributed by atoms with Crippen LogP contribution in [0.3, 0.4) is 0 Å². The minimum Gasteiger partial charge on any atom is -0.467 e. The number of rotatable bonds is 8. The van der Waals surface area contributed by atoms with Crippen molar-refractivity contribution in [2.75, 3.05) is 12.9 Å². The summed E-state index contributed by atoms with van der Waals surface area (Å²) in [6, 6.07) is 7.50. The van der Waals surface area contributed by atoms with E-state index in [9.17, 15) is 14.4 Å². The fraction of sp³-hybridized carbons (Fsp3) is 0.526. The number of amides is 2. The maximum absolute atomic E-state index is 12.7. The van der Waals surface area contributed by atoms with Crippen molar-refractivity contribution in [3.05, 3.63) is 35.9 Å². The lowest BCUT2D eigenvalue weighted by atomic mass is 10.0. The van der Waals surface area contributed by atoms with E-state index in [2.05, 4.69) is 23.3 Å². The molecule has 0 bridgehead atoms. The number of carbonyl (C=O) groups is 3. The van der Waals surface area contributed by atoms with Gasteiger partial charge in [-0.2, -0.15) is 12.6 Å². The number of alkyl carbamates (subject to hydrolysis) is 1. The van der Waals surface area contributed by atoms with Crippen LogP contribution < -0.4 is 10.6 Å². The Kier molecular flexibility index (Phi) is 9.14. The van der Waals surface area contributed by atoms with Gasteiger partial charge in [0.1, 0.15) is 17.7 Å². The molecule has 2 atom stereocenters. The summed E-state index contributed by atoms with van der Waals surface area (Å²) in [5.41, 5.74) is 0.163. The first-order chi connectivity index (χ1) is 12.7. The first-order valence-corrected chi connectivity index (χ1v) is 9.32. The van der Waals surface area contributed by atoms with Crippen molar-refractivity contribution in [2.24, 2.45) is 0 Å². The van der Waals surface area contributed by atoms with Gasteiger partial charge in [-0.1, -0.05) is 30.3 Å². The zero-order valence-corrected chi connectivity index (χ0v) is 17.0. The average molecular weight is 397 g/mol. The van der Waals surface area contributed by atoms with E-state index in [-0.39, 0.29) is 6.42 Å². The largest absolute Gasteiger partial charge is 0.467 e. The van der Waals surface area contributed by atoms with E-state index < -0.39 is 35.7 Å². The monoisotopic (exact) mass is 396 g/mol. The van der Waals surface area contributed by atoms with Crippen molar-refractivity contribution in [2.45, 2.75) is 51.3 Å². The fourth-order valence-electron chi connectivity index (χ4n) is 2.30. The molecule has 2 amide bonds. The second kappa shape index (κ2) is 10.8. The van der Waals surface area contributed by atoms with Crippen LogP contribution in [0.1, 0.15) is 32.8 Å². The molecular weight excluding hydrogens is 368 g/mol. The van der Waals surface area contributed by atoms with Crippen molar-refractivity contribution >= 4 is 30.6 Å². The standard InChI is InChI=1S/C19H28N2O5S/c1-19(2,3)26-18(24)21-15(12-13-8-6-5-7-9-13)16(22)20-14(10-11-27)17(23)25-4/h5-9,14-15,27H,10-12H2,1-4H3,(H,20,22)(H,21,24)/t14-,15+/m0/s1. The van der Waals surface area contributed by atoms with Crippen LogP contribution >= 0.6 is 12.6 Å². The predicted molar refractivity (Wildman–Crippen MR) is 106 cm³/mol. The molecular formula is C19H28N2O5S. The highest BCUT2D eigenvalue weighted by Gasteiger charge is 2.28. The lowest BCUT2D eigenvalue weighted by Crippen LogP contribution is -2.53. The summed E-state index contributed by atoms with van der Waals surface area (Å²) in [4.78, 5) is 36.7. The van der Waals surface area contributed by atoms with Gasteiger partial charge in [-0.05, 0) is 38.5 Å². The molecule has 2 N–H and O–H groups in total. The topological polar surface area (TPSA) is 93.7 Å². The van der Waals surface area contributed by atoms with E-state index in [1.54, 1.807) is 20.8 Å². The molecule has 1 aromatic carbocycles. The molecule has 0 saturated carbocycles. The van der Waals surface area contributed by atoms with E-state index in [0.717, 1.165) is 5.56 Å². The summed E-state index contributed by atoms with van der Waals surface area (Å²) >= 11 is 4.10. The predicted octanol–water partition coefficient (Wildman–Crippen LogP) is 2.10. The molecule has 1 aromatic rings. The molecule has 0 aliphatic rings. The Hall–Kier alpha value is -2.22. The highest BCUT2D eigenvalue weighted by molar-refractivity contribution is 7.80. The number of hydrogen-bond acceptors (Lipinski definition) is 6. The number of esters is 1. The van der Waals surface area contributed by atoms with Crippen LogP contribution in [0.2, 0.25) is 0 Å². The molecule has 1 rings (SSSR count). The molecule has 27 heavy (non-hydrogen) atoms. The molecule has 0 saturated heterocycles. The smallest absolute Gasteiger partial charge is 0.408 e. The SMILES string of the molecule is COC(=O)[C@H](CCS)NC(=O)[C@@H](Cc1ccccc1)NC(=O)OC(C)(C)C. The third-order valence-corrected chi connectivity index (χ3v) is 3.77. The Balaban J connectivity index is 2.92. The number of benzene rings is 1. The van der Waals surface area contributed by atoms with E-state index in [4.69, 9.17) is 9.47 Å². The van der Waals surface area contributed by atoms with Crippen molar-refractivity contribution in [3.63, 3.8) is 0 Å². The summed E-state index contributed by atoms with van der Waals surface area (Å²) in [7, 11) is 1.25. The molecule has 0 aromatic heterocycles. The average Bonchev–Trinajstić information content (AvgIpc) is 2.59. The molecule has 0 aliphatic carbocycles. The van der Waals surface area contributed by atoms with Gasteiger partial charge in [0, 0.05) is 6.42 Å². The minimum atomic E-state index is -0.908. The Morgan fingerprint density at radius 3 is 2.22 bits per heavy atom. The molecule has 150 valence electrons. The Morgan fingerprint density at radius 1 is 1.07 bits per heavy atom. The lowest BCUT2D eigenvalue weighted by Gasteiger charge is -2.24. The summed E-state index contributed by atoms with van der Waals surface area (Å²) in [6.07, 6.45) is -0.144. The molecule has 8 heteroatoms. The van der Waals surface area contributed by atoms with Crippen molar-refractivity contribution in [1.82, 2.24) is 10.6 Å². The van der Waals surface area contributed by atoms with E-state index in [1.165, 1.54) is 7.11 Å². The van der Waals surface area contributed by atoms with Gasteiger partial charge in [-0.15, -0.1) is 0 Å². The van der Waals surface area contributed by atoms with E-state index in [1.807, 2.05) is 30.3 Å². The maximum atomic E-state index is 12.7. The molecule has 0 unspecified atom stereocenters. The molecule has 0 aliphatic heterocycles. The second-order valence-electron chi connectivity index (χ2n) is 6.99. The van der Waals surface area contributed by atoms with Crippen molar-refractivity contribution < 1.29 is 23.9 Å². The van der Waals surface area contributed by atoms with Crippen LogP contribution in [0.25, 0.3) is 0 Å². The number of methoxy groups -OCH3 is 1. The van der Waals surface area contributed by atoms with Gasteiger partial charge in [0.2, 0.25) is 5.91 Å². The Labute approximate surface area is 165 Å². The number of carbonyl (C=O) groups excluding carboxylic acids is 3. The summed E-state index contributed by atoms with van der Waals surface area (Å²) in [5.74, 6) is -0.668. The van der Waals surface area contributed by atoms with E-state index in [0.29, 0.717) is 12.2 Å². The number of thiol groups is 1. The Bertz CT molecular complexity index is 631. The quantitative estimate of drug-likeness (QED) is 0.462. The highest BCUT2D eigenvalue weighted by atomic mass is 32.1. The van der Waals surface area contributed by atoms with Crippen molar-refractivity contribution in [1.29, 1.82) is 0 Å². The highest BCUT2D eigenvalue weighted by Crippen LogP contribution is 2.09. The Morgan fingerprint density at radius 2 is 1.70 bits per heavy atom. The lowest BCUT2D eigenvalue weighted by molar-refractivity contribution is -0.145. The zero-order chi connectivity index (χ0) is 20.4. The van der Waals surface area contributed by atoms with E-state index >= 15 is 0 Å². The summed E-state index contributed by atoms with van der Waals surface area (Å²) < 4.78 is 9.95. The second-order valence-corrected chi connectivity index (χ2v) is 7.43. The normalized spacial score (nSPS) is 13.2. The molecule has 0 heterocycles. The van der Waals surface area contributed by atoms with Crippen LogP contribution in [0, 0.1) is 0 Å². The first kappa shape index (κ1) is 22.8. The molecule has 0 fully saturated rings. The number of ether oxygens (including phenoxy) is 2. The molecule has 0 radical (unpaired) electrons. The van der Waals surface area contributed by atoms with Gasteiger partial charge in [-0.25, -0.2) is 9.59 Å². The molecule has 0 spiro atoms. The maximum Gasteiger partial charge on any atom is 0.408 e. The van der Waals surface area contributed by atoms with Crippen LogP contribution in [-0.2, 0) is 25.5 Å². The first-order valence-electron chi connectivity index (χ1n) is 8.68. The van der Waals surface area contributed by atoms with Crippen LogP contribution in [0.5, 0.6) is 0 Å². The van der Waals surface area contributed by atoms with Gasteiger partial charge < -0.3 is 20.1 Å². The zero-order valence-electron chi connectivity index (χ0n) is 16.2. The number of nitrogens with one attached hydrogen (secondary N) is 2. The van der Waals surface area contributed by atoms with Crippen molar-refractivity contribution in [3.8, 4) is 0 Å². The van der Waals surface area contributed by atoms with Gasteiger partial charge in [0.05, 0.1) is 7.11 Å². The fourth-order valence-corrected chi connectivity index (χ4v) is 2.56. The van der Waals surface area contributed by atoms with Gasteiger partial charge >= 0.3 is 12.1 Å². The van der Waals surface area contributed by atoms with Crippen LogP contribution in [0.4, 0.5) is 4.79 Å². The van der Waals surface area contributed by atoms with Crippen LogP contribution in [0.15, 0.2) is 30.3 Å². The van der Waals surface area contributed by atoms with Gasteiger partial charge in [0.25, 0.3) is 0 Å². The van der Waals surface area contributed by atoms with Gasteiger partial charge in [-0.3, -0.25) is 4.79 Å². The molecule has 7 nitrogen and oxygen atoms in total.